The molecule has 1 fully saturated rings. The summed E-state index contributed by atoms with van der Waals surface area (Å²) in [7, 11) is 0. The van der Waals surface area contributed by atoms with Crippen molar-refractivity contribution < 1.29 is 4.52 Å². The quantitative estimate of drug-likeness (QED) is 0.736. The van der Waals surface area contributed by atoms with E-state index >= 15 is 0 Å². The smallest absolute Gasteiger partial charge is 0.174 e. The number of nitrogens with one attached hydrogen (secondary N) is 1. The Labute approximate surface area is 109 Å². The first kappa shape index (κ1) is 10.6. The topological polar surface area (TPSA) is 80.7 Å². The maximum absolute atomic E-state index is 5.74. The summed E-state index contributed by atoms with van der Waals surface area (Å²) in [6, 6.07) is 6.00. The lowest BCUT2D eigenvalue weighted by molar-refractivity contribution is 0.460. The van der Waals surface area contributed by atoms with Gasteiger partial charge in [0.05, 0.1) is 11.1 Å². The number of rotatable bonds is 2. The van der Waals surface area contributed by atoms with Crippen molar-refractivity contribution in [1.82, 2.24) is 15.4 Å². The molecule has 5 nitrogen and oxygen atoms in total. The van der Waals surface area contributed by atoms with Crippen LogP contribution in [0.3, 0.4) is 0 Å². The number of aryl methyl sites for hydroxylation is 1. The molecule has 0 atom stereocenters. The number of hydrogen-bond acceptors (Lipinski definition) is 4. The molecule has 1 aliphatic carbocycles. The SMILES string of the molecule is Cc1[nH]nc(C2CC2)c1-c1ccc2c(N)noc2c1. The van der Waals surface area contributed by atoms with Crippen molar-refractivity contribution in [2.75, 3.05) is 5.73 Å². The van der Waals surface area contributed by atoms with Crippen LogP contribution in [0, 0.1) is 6.92 Å². The number of aromatic nitrogens is 3. The van der Waals surface area contributed by atoms with Gasteiger partial charge in [-0.05, 0) is 37.5 Å². The molecule has 0 unspecified atom stereocenters. The van der Waals surface area contributed by atoms with E-state index in [1.54, 1.807) is 0 Å². The summed E-state index contributed by atoms with van der Waals surface area (Å²) in [4.78, 5) is 0. The van der Waals surface area contributed by atoms with Gasteiger partial charge in [-0.2, -0.15) is 5.10 Å². The second kappa shape index (κ2) is 3.60. The summed E-state index contributed by atoms with van der Waals surface area (Å²) in [5, 5.41) is 12.2. The van der Waals surface area contributed by atoms with E-state index in [0.29, 0.717) is 11.7 Å². The van der Waals surface area contributed by atoms with E-state index in [0.717, 1.165) is 22.2 Å². The van der Waals surface area contributed by atoms with Crippen molar-refractivity contribution >= 4 is 16.8 Å². The summed E-state index contributed by atoms with van der Waals surface area (Å²) in [6.07, 6.45) is 2.46. The van der Waals surface area contributed by atoms with Crippen LogP contribution in [0.1, 0.15) is 30.1 Å². The van der Waals surface area contributed by atoms with Crippen LogP contribution in [-0.4, -0.2) is 15.4 Å². The van der Waals surface area contributed by atoms with Crippen LogP contribution in [0.15, 0.2) is 22.7 Å². The fourth-order valence-corrected chi connectivity index (χ4v) is 2.58. The monoisotopic (exact) mass is 254 g/mol. The molecule has 19 heavy (non-hydrogen) atoms. The molecule has 3 N–H and O–H groups in total. The number of nitrogens with zero attached hydrogens (tertiary/aromatic N) is 2. The molecule has 0 saturated heterocycles. The third-order valence-electron chi connectivity index (χ3n) is 3.73. The van der Waals surface area contributed by atoms with Crippen LogP contribution in [0.25, 0.3) is 22.1 Å². The number of anilines is 1. The van der Waals surface area contributed by atoms with Crippen LogP contribution >= 0.6 is 0 Å². The first-order valence-electron chi connectivity index (χ1n) is 6.44. The van der Waals surface area contributed by atoms with E-state index in [1.807, 2.05) is 19.1 Å². The highest BCUT2D eigenvalue weighted by molar-refractivity contribution is 5.90. The highest BCUT2D eigenvalue weighted by Crippen LogP contribution is 2.44. The molecule has 4 rings (SSSR count). The van der Waals surface area contributed by atoms with E-state index in [-0.39, 0.29) is 0 Å². The summed E-state index contributed by atoms with van der Waals surface area (Å²) < 4.78 is 5.24. The van der Waals surface area contributed by atoms with Crippen LogP contribution in [0.5, 0.6) is 0 Å². The highest BCUT2D eigenvalue weighted by atomic mass is 16.5. The number of nitrogen functional groups attached to an aromatic ring is 1. The Bertz CT molecular complexity index is 767. The summed E-state index contributed by atoms with van der Waals surface area (Å²) >= 11 is 0. The second-order valence-electron chi connectivity index (χ2n) is 5.16. The normalized spacial score (nSPS) is 15.2. The zero-order valence-electron chi connectivity index (χ0n) is 10.6. The molecule has 0 spiro atoms. The zero-order chi connectivity index (χ0) is 13.0. The van der Waals surface area contributed by atoms with Crippen molar-refractivity contribution in [3.63, 3.8) is 0 Å². The van der Waals surface area contributed by atoms with Gasteiger partial charge in [0, 0.05) is 17.2 Å². The van der Waals surface area contributed by atoms with Crippen LogP contribution < -0.4 is 5.73 Å². The predicted octanol–water partition coefficient (Wildman–Crippen LogP) is 2.99. The average molecular weight is 254 g/mol. The van der Waals surface area contributed by atoms with Crippen molar-refractivity contribution in [3.8, 4) is 11.1 Å². The molecule has 1 aliphatic rings. The van der Waals surface area contributed by atoms with Gasteiger partial charge in [-0.25, -0.2) is 0 Å². The van der Waals surface area contributed by atoms with Crippen molar-refractivity contribution in [2.24, 2.45) is 0 Å². The van der Waals surface area contributed by atoms with E-state index in [9.17, 15) is 0 Å². The lowest BCUT2D eigenvalue weighted by atomic mass is 10.0. The summed E-state index contributed by atoms with van der Waals surface area (Å²) in [5.41, 5.74) is 11.0. The van der Waals surface area contributed by atoms with Gasteiger partial charge in [0.15, 0.2) is 11.4 Å². The Kier molecular flexibility index (Phi) is 2.01. The molecule has 1 aromatic carbocycles. The molecule has 1 saturated carbocycles. The maximum Gasteiger partial charge on any atom is 0.174 e. The molecule has 2 heterocycles. The zero-order valence-corrected chi connectivity index (χ0v) is 10.6. The molecular weight excluding hydrogens is 240 g/mol. The minimum Gasteiger partial charge on any atom is -0.380 e. The molecule has 0 bridgehead atoms. The minimum atomic E-state index is 0.438. The number of H-pyrrole nitrogens is 1. The van der Waals surface area contributed by atoms with Gasteiger partial charge in [0.25, 0.3) is 0 Å². The molecule has 0 radical (unpaired) electrons. The Morgan fingerprint density at radius 3 is 3.00 bits per heavy atom. The Hall–Kier alpha value is -2.30. The van der Waals surface area contributed by atoms with Gasteiger partial charge in [-0.3, -0.25) is 5.10 Å². The van der Waals surface area contributed by atoms with Gasteiger partial charge in [-0.1, -0.05) is 11.2 Å². The highest BCUT2D eigenvalue weighted by Gasteiger charge is 2.30. The van der Waals surface area contributed by atoms with Crippen molar-refractivity contribution in [1.29, 1.82) is 0 Å². The maximum atomic E-state index is 5.74. The molecule has 2 aromatic heterocycles. The third-order valence-corrected chi connectivity index (χ3v) is 3.73. The minimum absolute atomic E-state index is 0.438. The number of aromatic amines is 1. The lowest BCUT2D eigenvalue weighted by Gasteiger charge is -2.03. The standard InChI is InChI=1S/C14H14N4O/c1-7-12(13(17-16-7)8-2-3-8)9-4-5-10-11(6-9)19-18-14(10)15/h4-6,8H,2-3H2,1H3,(H2,15,18)(H,16,17). The van der Waals surface area contributed by atoms with Gasteiger partial charge in [-0.15, -0.1) is 0 Å². The summed E-state index contributed by atoms with van der Waals surface area (Å²) in [5.74, 6) is 1.04. The second-order valence-corrected chi connectivity index (χ2v) is 5.16. The number of nitrogens with two attached hydrogens (primary N) is 1. The van der Waals surface area contributed by atoms with E-state index in [4.69, 9.17) is 10.3 Å². The van der Waals surface area contributed by atoms with Gasteiger partial charge < -0.3 is 10.3 Å². The van der Waals surface area contributed by atoms with Crippen molar-refractivity contribution in [2.45, 2.75) is 25.7 Å². The Morgan fingerprint density at radius 2 is 2.21 bits per heavy atom. The first-order chi connectivity index (χ1) is 9.24. The molecule has 3 aromatic rings. The van der Waals surface area contributed by atoms with Gasteiger partial charge in [0.2, 0.25) is 0 Å². The fourth-order valence-electron chi connectivity index (χ4n) is 2.58. The third kappa shape index (κ3) is 1.54. The van der Waals surface area contributed by atoms with E-state index in [2.05, 4.69) is 21.4 Å². The number of fused-ring (bicyclic) bond motifs is 1. The Morgan fingerprint density at radius 1 is 1.37 bits per heavy atom. The van der Waals surface area contributed by atoms with Crippen LogP contribution in [0.2, 0.25) is 0 Å². The predicted molar refractivity (Wildman–Crippen MR) is 72.7 cm³/mol. The first-order valence-corrected chi connectivity index (χ1v) is 6.44. The van der Waals surface area contributed by atoms with Crippen LogP contribution in [0.4, 0.5) is 5.82 Å². The summed E-state index contributed by atoms with van der Waals surface area (Å²) in [6.45, 7) is 2.05. The average Bonchev–Trinajstić information content (AvgIpc) is 3.10. The lowest BCUT2D eigenvalue weighted by Crippen LogP contribution is -1.87. The van der Waals surface area contributed by atoms with Crippen LogP contribution in [-0.2, 0) is 0 Å². The van der Waals surface area contributed by atoms with Gasteiger partial charge >= 0.3 is 0 Å². The fraction of sp³-hybridized carbons (Fsp3) is 0.286. The molecule has 96 valence electrons. The van der Waals surface area contributed by atoms with Crippen molar-refractivity contribution in [3.05, 3.63) is 29.6 Å². The number of hydrogen-bond donors (Lipinski definition) is 2. The number of benzene rings is 1. The molecule has 5 heteroatoms. The Balaban J connectivity index is 1.91. The van der Waals surface area contributed by atoms with E-state index in [1.165, 1.54) is 24.1 Å². The molecular formula is C14H14N4O. The van der Waals surface area contributed by atoms with Gasteiger partial charge in [0.1, 0.15) is 0 Å². The molecule has 0 amide bonds. The van der Waals surface area contributed by atoms with E-state index < -0.39 is 0 Å². The largest absolute Gasteiger partial charge is 0.380 e. The molecule has 0 aliphatic heterocycles.